The average molecular weight is 271 g/mol. The summed E-state index contributed by atoms with van der Waals surface area (Å²) in [5, 5.41) is 6.00. The Hall–Kier alpha value is -0.980. The number of aromatic nitrogens is 1. The van der Waals surface area contributed by atoms with Crippen LogP contribution >= 0.6 is 11.3 Å². The van der Waals surface area contributed by atoms with Crippen molar-refractivity contribution >= 4 is 17.2 Å². The molecule has 1 unspecified atom stereocenters. The molecule has 0 spiro atoms. The molecule has 1 aromatic heterocycles. The molecule has 0 saturated carbocycles. The van der Waals surface area contributed by atoms with Crippen LogP contribution in [0.4, 0.5) is 0 Å². The van der Waals surface area contributed by atoms with Crippen molar-refractivity contribution in [1.29, 1.82) is 0 Å². The van der Waals surface area contributed by atoms with Gasteiger partial charge in [-0.05, 0) is 20.3 Å². The van der Waals surface area contributed by atoms with E-state index < -0.39 is 0 Å². The number of hydrogen-bond acceptors (Lipinski definition) is 5. The molecular formula is C12H21N3O2S. The summed E-state index contributed by atoms with van der Waals surface area (Å²) in [5.41, 5.74) is 2.94. The van der Waals surface area contributed by atoms with Crippen molar-refractivity contribution in [3.63, 3.8) is 0 Å². The van der Waals surface area contributed by atoms with Gasteiger partial charge in [-0.15, -0.1) is 11.3 Å². The third kappa shape index (κ3) is 5.12. The van der Waals surface area contributed by atoms with E-state index in [1.165, 1.54) is 4.88 Å². The summed E-state index contributed by atoms with van der Waals surface area (Å²) in [6.07, 6.45) is 0.909. The Labute approximate surface area is 112 Å². The number of thiazole rings is 1. The summed E-state index contributed by atoms with van der Waals surface area (Å²) in [6.45, 7) is 5.74. The number of carbonyl (C=O) groups is 1. The van der Waals surface area contributed by atoms with Crippen LogP contribution in [0.5, 0.6) is 0 Å². The maximum atomic E-state index is 11.6. The van der Waals surface area contributed by atoms with E-state index >= 15 is 0 Å². The number of nitrogens with zero attached hydrogens (tertiary/aromatic N) is 1. The lowest BCUT2D eigenvalue weighted by molar-refractivity contribution is -0.122. The topological polar surface area (TPSA) is 63.2 Å². The molecule has 5 nitrogen and oxygen atoms in total. The molecule has 0 fully saturated rings. The van der Waals surface area contributed by atoms with E-state index in [-0.39, 0.29) is 11.9 Å². The van der Waals surface area contributed by atoms with Crippen molar-refractivity contribution in [1.82, 2.24) is 15.6 Å². The fourth-order valence-corrected chi connectivity index (χ4v) is 2.27. The number of ether oxygens (including phenoxy) is 1. The van der Waals surface area contributed by atoms with Gasteiger partial charge in [-0.3, -0.25) is 4.79 Å². The van der Waals surface area contributed by atoms with Crippen molar-refractivity contribution in [2.75, 3.05) is 26.8 Å². The Morgan fingerprint density at radius 1 is 1.56 bits per heavy atom. The zero-order valence-corrected chi connectivity index (χ0v) is 12.0. The van der Waals surface area contributed by atoms with Crippen molar-refractivity contribution in [2.24, 2.45) is 0 Å². The van der Waals surface area contributed by atoms with E-state index in [1.807, 2.05) is 19.4 Å². The molecule has 1 heterocycles. The summed E-state index contributed by atoms with van der Waals surface area (Å²) < 4.78 is 4.87. The third-order valence-corrected chi connectivity index (χ3v) is 3.64. The number of amides is 1. The second kappa shape index (κ2) is 8.18. The smallest absolute Gasteiger partial charge is 0.236 e. The molecular weight excluding hydrogens is 250 g/mol. The Balaban J connectivity index is 2.18. The first-order valence-electron chi connectivity index (χ1n) is 6.04. The minimum absolute atomic E-state index is 0.00748. The normalized spacial score (nSPS) is 12.4. The van der Waals surface area contributed by atoms with Gasteiger partial charge in [0, 0.05) is 25.1 Å². The molecule has 0 radical (unpaired) electrons. The van der Waals surface area contributed by atoms with Gasteiger partial charge in [0.2, 0.25) is 5.91 Å². The maximum Gasteiger partial charge on any atom is 0.236 e. The minimum atomic E-state index is -0.185. The summed E-state index contributed by atoms with van der Waals surface area (Å²) in [4.78, 5) is 17.1. The highest BCUT2D eigenvalue weighted by atomic mass is 32.1. The molecule has 0 aliphatic heterocycles. The van der Waals surface area contributed by atoms with Gasteiger partial charge in [-0.25, -0.2) is 4.98 Å². The molecule has 1 rings (SSSR count). The highest BCUT2D eigenvalue weighted by molar-refractivity contribution is 7.09. The summed E-state index contributed by atoms with van der Waals surface area (Å²) in [5.74, 6) is 0.00748. The molecule has 0 bridgehead atoms. The number of hydrogen-bond donors (Lipinski definition) is 2. The summed E-state index contributed by atoms with van der Waals surface area (Å²) >= 11 is 1.66. The van der Waals surface area contributed by atoms with Crippen LogP contribution in [0.15, 0.2) is 5.51 Å². The van der Waals surface area contributed by atoms with Crippen LogP contribution in [0.1, 0.15) is 17.5 Å². The third-order valence-electron chi connectivity index (χ3n) is 2.65. The maximum absolute atomic E-state index is 11.6. The largest absolute Gasteiger partial charge is 0.383 e. The summed E-state index contributed by atoms with van der Waals surface area (Å²) in [7, 11) is 1.62. The fraction of sp³-hybridized carbons (Fsp3) is 0.667. The SMILES string of the molecule is COCCNC(=O)C(C)NCCc1scnc1C. The Morgan fingerprint density at radius 3 is 2.94 bits per heavy atom. The van der Waals surface area contributed by atoms with Gasteiger partial charge in [-0.1, -0.05) is 0 Å². The van der Waals surface area contributed by atoms with E-state index in [2.05, 4.69) is 15.6 Å². The van der Waals surface area contributed by atoms with E-state index in [0.29, 0.717) is 13.2 Å². The van der Waals surface area contributed by atoms with Gasteiger partial charge < -0.3 is 15.4 Å². The second-order valence-corrected chi connectivity index (χ2v) is 5.01. The number of methoxy groups -OCH3 is 1. The second-order valence-electron chi connectivity index (χ2n) is 4.07. The predicted octanol–water partition coefficient (Wildman–Crippen LogP) is 0.735. The van der Waals surface area contributed by atoms with Crippen molar-refractivity contribution in [3.05, 3.63) is 16.1 Å². The first-order chi connectivity index (χ1) is 8.65. The van der Waals surface area contributed by atoms with Crippen LogP contribution in [0, 0.1) is 6.92 Å². The Bertz CT molecular complexity index is 368. The number of nitrogens with one attached hydrogen (secondary N) is 2. The highest BCUT2D eigenvalue weighted by Gasteiger charge is 2.11. The van der Waals surface area contributed by atoms with Gasteiger partial charge in [0.15, 0.2) is 0 Å². The molecule has 1 amide bonds. The van der Waals surface area contributed by atoms with Gasteiger partial charge in [0.25, 0.3) is 0 Å². The zero-order valence-electron chi connectivity index (χ0n) is 11.2. The molecule has 1 aromatic rings. The van der Waals surface area contributed by atoms with Crippen molar-refractivity contribution < 1.29 is 9.53 Å². The Kier molecular flexibility index (Phi) is 6.85. The lowest BCUT2D eigenvalue weighted by Crippen LogP contribution is -2.43. The first-order valence-corrected chi connectivity index (χ1v) is 6.92. The lowest BCUT2D eigenvalue weighted by Gasteiger charge is -2.13. The van der Waals surface area contributed by atoms with E-state index in [4.69, 9.17) is 4.74 Å². The van der Waals surface area contributed by atoms with Crippen LogP contribution in [0.2, 0.25) is 0 Å². The fourth-order valence-electron chi connectivity index (χ4n) is 1.49. The lowest BCUT2D eigenvalue weighted by atomic mass is 10.2. The Morgan fingerprint density at radius 2 is 2.33 bits per heavy atom. The number of rotatable bonds is 8. The minimum Gasteiger partial charge on any atom is -0.383 e. The predicted molar refractivity (Wildman–Crippen MR) is 72.9 cm³/mol. The first kappa shape index (κ1) is 15.1. The average Bonchev–Trinajstić information content (AvgIpc) is 2.75. The van der Waals surface area contributed by atoms with E-state index in [1.54, 1.807) is 18.4 Å². The van der Waals surface area contributed by atoms with Crippen LogP contribution in [0.3, 0.4) is 0 Å². The zero-order chi connectivity index (χ0) is 13.4. The molecule has 0 aliphatic carbocycles. The van der Waals surface area contributed by atoms with Gasteiger partial charge in [0.1, 0.15) is 0 Å². The van der Waals surface area contributed by atoms with Crippen LogP contribution < -0.4 is 10.6 Å². The molecule has 102 valence electrons. The standard InChI is InChI=1S/C12H21N3O2S/c1-9-11(18-8-15-9)4-5-13-10(2)12(16)14-6-7-17-3/h8,10,13H,4-7H2,1-3H3,(H,14,16). The summed E-state index contributed by atoms with van der Waals surface area (Å²) in [6, 6.07) is -0.185. The highest BCUT2D eigenvalue weighted by Crippen LogP contribution is 2.11. The monoisotopic (exact) mass is 271 g/mol. The van der Waals surface area contributed by atoms with Gasteiger partial charge in [0.05, 0.1) is 23.9 Å². The molecule has 0 saturated heterocycles. The number of carbonyl (C=O) groups excluding carboxylic acids is 1. The molecule has 1 atom stereocenters. The molecule has 6 heteroatoms. The molecule has 18 heavy (non-hydrogen) atoms. The molecule has 0 aromatic carbocycles. The van der Waals surface area contributed by atoms with E-state index in [0.717, 1.165) is 18.7 Å². The van der Waals surface area contributed by atoms with Crippen LogP contribution in [-0.2, 0) is 16.0 Å². The van der Waals surface area contributed by atoms with Crippen molar-refractivity contribution in [2.45, 2.75) is 26.3 Å². The van der Waals surface area contributed by atoms with Crippen LogP contribution in [-0.4, -0.2) is 43.7 Å². The van der Waals surface area contributed by atoms with Gasteiger partial charge >= 0.3 is 0 Å². The van der Waals surface area contributed by atoms with E-state index in [9.17, 15) is 4.79 Å². The molecule has 2 N–H and O–H groups in total. The van der Waals surface area contributed by atoms with Crippen LogP contribution in [0.25, 0.3) is 0 Å². The van der Waals surface area contributed by atoms with Gasteiger partial charge in [-0.2, -0.15) is 0 Å². The number of aryl methyl sites for hydroxylation is 1. The van der Waals surface area contributed by atoms with Crippen molar-refractivity contribution in [3.8, 4) is 0 Å². The quantitative estimate of drug-likeness (QED) is 0.684. The molecule has 0 aliphatic rings.